The molecule has 0 aromatic rings. The standard InChI is InChI=1S/C5H8O4/c1-4(3-6)2-5(7,8)9/h7-9H,2H2,1H3. The van der Waals surface area contributed by atoms with Gasteiger partial charge in [0.25, 0.3) is 5.97 Å². The molecule has 52 valence electrons. The molecule has 0 fully saturated rings. The summed E-state index contributed by atoms with van der Waals surface area (Å²) in [6.07, 6.45) is -0.490. The minimum Gasteiger partial charge on any atom is -0.343 e. The van der Waals surface area contributed by atoms with Gasteiger partial charge in [-0.1, -0.05) is 0 Å². The second-order valence-corrected chi connectivity index (χ2v) is 1.83. The van der Waals surface area contributed by atoms with Crippen molar-refractivity contribution in [1.29, 1.82) is 0 Å². The molecule has 0 amide bonds. The van der Waals surface area contributed by atoms with Crippen LogP contribution in [0, 0.1) is 0 Å². The molecule has 3 N–H and O–H groups in total. The smallest absolute Gasteiger partial charge is 0.279 e. The molecule has 9 heavy (non-hydrogen) atoms. The highest BCUT2D eigenvalue weighted by atomic mass is 16.7. The minimum atomic E-state index is -2.78. The Morgan fingerprint density at radius 3 is 2.11 bits per heavy atom. The highest BCUT2D eigenvalue weighted by Crippen LogP contribution is 2.06. The highest BCUT2D eigenvalue weighted by molar-refractivity contribution is 5.51. The van der Waals surface area contributed by atoms with Gasteiger partial charge in [-0.15, -0.1) is 0 Å². The van der Waals surface area contributed by atoms with E-state index >= 15 is 0 Å². The van der Waals surface area contributed by atoms with Gasteiger partial charge in [0.05, 0.1) is 6.42 Å². The van der Waals surface area contributed by atoms with Gasteiger partial charge in [-0.25, -0.2) is 4.79 Å². The molecule has 0 saturated heterocycles. The predicted octanol–water partition coefficient (Wildman–Crippen LogP) is -1.21. The normalized spacial score (nSPS) is 10.7. The maximum atomic E-state index is 9.69. The van der Waals surface area contributed by atoms with Gasteiger partial charge in [-0.3, -0.25) is 0 Å². The number of rotatable bonds is 2. The van der Waals surface area contributed by atoms with Crippen molar-refractivity contribution in [2.24, 2.45) is 0 Å². The summed E-state index contributed by atoms with van der Waals surface area (Å²) in [5.74, 6) is -1.37. The van der Waals surface area contributed by atoms with E-state index in [4.69, 9.17) is 15.3 Å². The first kappa shape index (κ1) is 8.33. The molecular formula is C5H8O4. The Morgan fingerprint density at radius 2 is 2.00 bits per heavy atom. The van der Waals surface area contributed by atoms with Crippen LogP contribution in [0.1, 0.15) is 13.3 Å². The van der Waals surface area contributed by atoms with Gasteiger partial charge in [0.15, 0.2) is 0 Å². The van der Waals surface area contributed by atoms with E-state index in [-0.39, 0.29) is 5.57 Å². The first-order chi connectivity index (χ1) is 3.95. The van der Waals surface area contributed by atoms with Crippen molar-refractivity contribution in [3.63, 3.8) is 0 Å². The summed E-state index contributed by atoms with van der Waals surface area (Å²) < 4.78 is 0. The Labute approximate surface area is 52.1 Å². The van der Waals surface area contributed by atoms with Gasteiger partial charge in [0, 0.05) is 5.57 Å². The summed E-state index contributed by atoms with van der Waals surface area (Å²) >= 11 is 0. The first-order valence-electron chi connectivity index (χ1n) is 2.33. The lowest BCUT2D eigenvalue weighted by Crippen LogP contribution is -2.27. The lowest BCUT2D eigenvalue weighted by molar-refractivity contribution is -0.309. The maximum Gasteiger partial charge on any atom is 0.279 e. The summed E-state index contributed by atoms with van der Waals surface area (Å²) in [4.78, 5) is 9.69. The van der Waals surface area contributed by atoms with E-state index in [1.54, 1.807) is 0 Å². The van der Waals surface area contributed by atoms with Crippen molar-refractivity contribution < 1.29 is 20.1 Å². The van der Waals surface area contributed by atoms with Crippen LogP contribution in [0.3, 0.4) is 0 Å². The van der Waals surface area contributed by atoms with Gasteiger partial charge in [-0.05, 0) is 6.92 Å². The van der Waals surface area contributed by atoms with Gasteiger partial charge in [0.2, 0.25) is 0 Å². The van der Waals surface area contributed by atoms with Gasteiger partial charge >= 0.3 is 0 Å². The lowest BCUT2D eigenvalue weighted by atomic mass is 10.2. The molecule has 0 atom stereocenters. The van der Waals surface area contributed by atoms with Crippen LogP contribution >= 0.6 is 0 Å². The Bertz CT molecular complexity index is 138. The van der Waals surface area contributed by atoms with Crippen LogP contribution in [0.25, 0.3) is 0 Å². The molecule has 4 nitrogen and oxygen atoms in total. The topological polar surface area (TPSA) is 77.8 Å². The van der Waals surface area contributed by atoms with Gasteiger partial charge < -0.3 is 15.3 Å². The van der Waals surface area contributed by atoms with E-state index in [0.29, 0.717) is 0 Å². The summed E-state index contributed by atoms with van der Waals surface area (Å²) in [7, 11) is 0. The second-order valence-electron chi connectivity index (χ2n) is 1.83. The SMILES string of the molecule is CC(=C=O)CC(O)(O)O. The molecule has 0 saturated carbocycles. The largest absolute Gasteiger partial charge is 0.343 e. The van der Waals surface area contributed by atoms with E-state index in [1.165, 1.54) is 12.9 Å². The highest BCUT2D eigenvalue weighted by Gasteiger charge is 2.18. The quantitative estimate of drug-likeness (QED) is 0.325. The van der Waals surface area contributed by atoms with Crippen LogP contribution in [-0.4, -0.2) is 27.2 Å². The minimum absolute atomic E-state index is 0.0579. The molecule has 0 bridgehead atoms. The molecule has 0 aliphatic rings. The molecular weight excluding hydrogens is 124 g/mol. The average Bonchev–Trinajstić information content (AvgIpc) is 1.62. The fourth-order valence-electron chi connectivity index (χ4n) is 0.392. The van der Waals surface area contributed by atoms with Crippen molar-refractivity contribution in [2.75, 3.05) is 0 Å². The zero-order valence-corrected chi connectivity index (χ0v) is 4.96. The van der Waals surface area contributed by atoms with Crippen LogP contribution in [0.2, 0.25) is 0 Å². The third-order valence-corrected chi connectivity index (χ3v) is 0.677. The monoisotopic (exact) mass is 132 g/mol. The molecule has 0 heterocycles. The molecule has 4 heteroatoms. The Morgan fingerprint density at radius 1 is 1.56 bits per heavy atom. The molecule has 0 unspecified atom stereocenters. The maximum absolute atomic E-state index is 9.69. The molecule has 0 rings (SSSR count). The van der Waals surface area contributed by atoms with Gasteiger partial charge in [0.1, 0.15) is 5.94 Å². The predicted molar refractivity (Wildman–Crippen MR) is 28.9 cm³/mol. The molecule has 0 aromatic carbocycles. The Kier molecular flexibility index (Phi) is 2.55. The molecule has 0 aliphatic carbocycles. The summed E-state index contributed by atoms with van der Waals surface area (Å²) in [6, 6.07) is 0. The zero-order valence-electron chi connectivity index (χ0n) is 4.96. The van der Waals surface area contributed by atoms with Crippen molar-refractivity contribution in [3.05, 3.63) is 5.57 Å². The summed E-state index contributed by atoms with van der Waals surface area (Å²) in [5.41, 5.74) is 0.0579. The van der Waals surface area contributed by atoms with E-state index < -0.39 is 12.4 Å². The molecule has 0 aliphatic heterocycles. The van der Waals surface area contributed by atoms with Crippen molar-refractivity contribution in [3.8, 4) is 0 Å². The second kappa shape index (κ2) is 2.75. The molecule has 0 spiro atoms. The number of hydrogen-bond donors (Lipinski definition) is 3. The fraction of sp³-hybridized carbons (Fsp3) is 0.600. The Balaban J connectivity index is 3.89. The van der Waals surface area contributed by atoms with Crippen LogP contribution in [0.4, 0.5) is 0 Å². The van der Waals surface area contributed by atoms with E-state index in [0.717, 1.165) is 0 Å². The van der Waals surface area contributed by atoms with Crippen LogP contribution < -0.4 is 0 Å². The van der Waals surface area contributed by atoms with E-state index in [1.807, 2.05) is 0 Å². The molecule has 0 aromatic heterocycles. The van der Waals surface area contributed by atoms with Crippen molar-refractivity contribution >= 4 is 5.94 Å². The van der Waals surface area contributed by atoms with Crippen LogP contribution in [-0.2, 0) is 4.79 Å². The Hall–Kier alpha value is -0.670. The van der Waals surface area contributed by atoms with E-state index in [2.05, 4.69) is 0 Å². The number of hydrogen-bond acceptors (Lipinski definition) is 4. The van der Waals surface area contributed by atoms with Crippen molar-refractivity contribution in [1.82, 2.24) is 0 Å². The third kappa shape index (κ3) is 5.20. The lowest BCUT2D eigenvalue weighted by Gasteiger charge is -2.11. The third-order valence-electron chi connectivity index (χ3n) is 0.677. The zero-order chi connectivity index (χ0) is 7.49. The number of aliphatic hydroxyl groups is 3. The first-order valence-corrected chi connectivity index (χ1v) is 2.33. The van der Waals surface area contributed by atoms with Gasteiger partial charge in [-0.2, -0.15) is 0 Å². The molecule has 0 radical (unpaired) electrons. The van der Waals surface area contributed by atoms with E-state index in [9.17, 15) is 4.79 Å². The summed E-state index contributed by atoms with van der Waals surface area (Å²) in [5, 5.41) is 24.7. The fourth-order valence-corrected chi connectivity index (χ4v) is 0.392. The van der Waals surface area contributed by atoms with Crippen LogP contribution in [0.5, 0.6) is 0 Å². The van der Waals surface area contributed by atoms with Crippen molar-refractivity contribution in [2.45, 2.75) is 19.3 Å². The summed E-state index contributed by atoms with van der Waals surface area (Å²) in [6.45, 7) is 1.34. The van der Waals surface area contributed by atoms with Crippen LogP contribution in [0.15, 0.2) is 5.57 Å². The average molecular weight is 132 g/mol. The number of carbonyl (C=O) groups excluding carboxylic acids is 1.